The number of carbonyl (C=O) groups excluding carboxylic acids is 2. The molecule has 0 radical (unpaired) electrons. The number of benzene rings is 2. The van der Waals surface area contributed by atoms with Crippen LogP contribution in [0.2, 0.25) is 0 Å². The molecule has 1 atom stereocenters. The Morgan fingerprint density at radius 2 is 1.88 bits per heavy atom. The number of likely N-dealkylation sites (N-methyl/N-ethyl adjacent to an activating group) is 1. The van der Waals surface area contributed by atoms with Gasteiger partial charge < -0.3 is 10.2 Å². The van der Waals surface area contributed by atoms with Crippen molar-refractivity contribution < 1.29 is 9.59 Å². The fraction of sp³-hybridized carbons (Fsp3) is 0.300. The third-order valence-corrected chi connectivity index (χ3v) is 4.51. The Kier molecular flexibility index (Phi) is 4.65. The van der Waals surface area contributed by atoms with E-state index in [4.69, 9.17) is 0 Å². The van der Waals surface area contributed by atoms with Crippen molar-refractivity contribution in [2.75, 3.05) is 13.6 Å². The quantitative estimate of drug-likeness (QED) is 0.940. The lowest BCUT2D eigenvalue weighted by Crippen LogP contribution is -2.40. The van der Waals surface area contributed by atoms with Crippen LogP contribution in [0.3, 0.4) is 0 Å². The van der Waals surface area contributed by atoms with Crippen LogP contribution in [0.25, 0.3) is 0 Å². The summed E-state index contributed by atoms with van der Waals surface area (Å²) in [5.74, 6) is -0.189. The molecule has 124 valence electrons. The van der Waals surface area contributed by atoms with E-state index < -0.39 is 6.04 Å². The van der Waals surface area contributed by atoms with Crippen molar-refractivity contribution in [1.82, 2.24) is 10.2 Å². The third-order valence-electron chi connectivity index (χ3n) is 4.51. The van der Waals surface area contributed by atoms with Crippen molar-refractivity contribution in [1.29, 1.82) is 0 Å². The molecule has 1 aliphatic rings. The Morgan fingerprint density at radius 1 is 1.17 bits per heavy atom. The minimum absolute atomic E-state index is 0.0145. The van der Waals surface area contributed by atoms with Gasteiger partial charge in [-0.1, -0.05) is 48.0 Å². The average Bonchev–Trinajstić information content (AvgIpc) is 2.89. The molecule has 2 aromatic carbocycles. The van der Waals surface area contributed by atoms with Gasteiger partial charge in [-0.3, -0.25) is 9.59 Å². The summed E-state index contributed by atoms with van der Waals surface area (Å²) in [6, 6.07) is 15.5. The highest BCUT2D eigenvalue weighted by Gasteiger charge is 2.30. The van der Waals surface area contributed by atoms with Crippen LogP contribution in [-0.2, 0) is 11.2 Å². The molecule has 2 aromatic rings. The Morgan fingerprint density at radius 3 is 2.54 bits per heavy atom. The van der Waals surface area contributed by atoms with Crippen molar-refractivity contribution in [3.63, 3.8) is 0 Å². The lowest BCUT2D eigenvalue weighted by atomic mass is 9.98. The van der Waals surface area contributed by atoms with Crippen LogP contribution < -0.4 is 5.32 Å². The molecule has 0 aromatic heterocycles. The zero-order chi connectivity index (χ0) is 17.1. The summed E-state index contributed by atoms with van der Waals surface area (Å²) < 4.78 is 0. The van der Waals surface area contributed by atoms with E-state index in [2.05, 4.69) is 36.5 Å². The maximum atomic E-state index is 12.6. The number of nitrogens with one attached hydrogen (secondary N) is 1. The number of nitrogens with zero attached hydrogens (tertiary/aromatic N) is 1. The van der Waals surface area contributed by atoms with Crippen LogP contribution in [0.15, 0.2) is 48.5 Å². The normalized spacial score (nSPS) is 17.2. The molecule has 1 N–H and O–H groups in total. The number of carbonyl (C=O) groups is 2. The molecule has 0 aliphatic carbocycles. The second kappa shape index (κ2) is 6.87. The molecule has 0 saturated carbocycles. The lowest BCUT2D eigenvalue weighted by Gasteiger charge is -2.14. The van der Waals surface area contributed by atoms with Gasteiger partial charge in [0.1, 0.15) is 6.04 Å². The van der Waals surface area contributed by atoms with Crippen molar-refractivity contribution in [3.05, 3.63) is 70.8 Å². The molecule has 0 spiro atoms. The predicted octanol–water partition coefficient (Wildman–Crippen LogP) is 2.55. The van der Waals surface area contributed by atoms with E-state index in [1.165, 1.54) is 5.56 Å². The lowest BCUT2D eigenvalue weighted by molar-refractivity contribution is -0.128. The van der Waals surface area contributed by atoms with Crippen molar-refractivity contribution in [2.45, 2.75) is 25.8 Å². The van der Waals surface area contributed by atoms with Gasteiger partial charge in [-0.2, -0.15) is 0 Å². The highest BCUT2D eigenvalue weighted by molar-refractivity contribution is 5.99. The van der Waals surface area contributed by atoms with Crippen molar-refractivity contribution in [2.24, 2.45) is 0 Å². The monoisotopic (exact) mass is 322 g/mol. The van der Waals surface area contributed by atoms with Gasteiger partial charge in [0.2, 0.25) is 5.91 Å². The average molecular weight is 322 g/mol. The highest BCUT2D eigenvalue weighted by atomic mass is 16.2. The Hall–Kier alpha value is -2.62. The zero-order valence-corrected chi connectivity index (χ0v) is 14.1. The molecule has 4 nitrogen and oxygen atoms in total. The number of aryl methyl sites for hydroxylation is 1. The van der Waals surface area contributed by atoms with E-state index in [-0.39, 0.29) is 11.8 Å². The Balaban J connectivity index is 1.77. The van der Waals surface area contributed by atoms with Crippen molar-refractivity contribution in [3.8, 4) is 0 Å². The van der Waals surface area contributed by atoms with Gasteiger partial charge in [0.05, 0.1) is 0 Å². The number of hydrogen-bond donors (Lipinski definition) is 1. The summed E-state index contributed by atoms with van der Waals surface area (Å²) in [5, 5.41) is 2.88. The van der Waals surface area contributed by atoms with Crippen molar-refractivity contribution >= 4 is 11.8 Å². The summed E-state index contributed by atoms with van der Waals surface area (Å²) in [6.07, 6.45) is 1.36. The van der Waals surface area contributed by atoms with Gasteiger partial charge in [-0.15, -0.1) is 0 Å². The molecule has 4 heteroatoms. The summed E-state index contributed by atoms with van der Waals surface area (Å²) >= 11 is 0. The molecule has 1 saturated heterocycles. The SMILES string of the molecule is Cc1ccc(Cc2ccccc2C(=O)NC2CCN(C)C2=O)cc1. The molecule has 0 bridgehead atoms. The summed E-state index contributed by atoms with van der Waals surface area (Å²) in [7, 11) is 1.76. The van der Waals surface area contributed by atoms with E-state index in [9.17, 15) is 9.59 Å². The van der Waals surface area contributed by atoms with E-state index in [1.54, 1.807) is 11.9 Å². The van der Waals surface area contributed by atoms with Crippen LogP contribution in [0.5, 0.6) is 0 Å². The second-order valence-corrected chi connectivity index (χ2v) is 6.39. The molecule has 1 fully saturated rings. The Bertz CT molecular complexity index is 752. The maximum Gasteiger partial charge on any atom is 0.252 e. The van der Waals surface area contributed by atoms with Gasteiger partial charge in [-0.05, 0) is 37.0 Å². The number of rotatable bonds is 4. The second-order valence-electron chi connectivity index (χ2n) is 6.39. The van der Waals surface area contributed by atoms with Gasteiger partial charge in [0.25, 0.3) is 5.91 Å². The molecule has 3 rings (SSSR count). The van der Waals surface area contributed by atoms with E-state index in [1.807, 2.05) is 24.3 Å². The number of hydrogen-bond acceptors (Lipinski definition) is 2. The molecule has 24 heavy (non-hydrogen) atoms. The summed E-state index contributed by atoms with van der Waals surface area (Å²) in [6.45, 7) is 2.75. The first kappa shape index (κ1) is 16.2. The van der Waals surface area contributed by atoms with Crippen LogP contribution in [-0.4, -0.2) is 36.3 Å². The molecule has 1 aliphatic heterocycles. The van der Waals surface area contributed by atoms with Gasteiger partial charge >= 0.3 is 0 Å². The first-order chi connectivity index (χ1) is 11.5. The first-order valence-corrected chi connectivity index (χ1v) is 8.24. The van der Waals surface area contributed by atoms with Crippen LogP contribution in [0, 0.1) is 6.92 Å². The zero-order valence-electron chi connectivity index (χ0n) is 14.1. The summed E-state index contributed by atoms with van der Waals surface area (Å²) in [4.78, 5) is 26.3. The van der Waals surface area contributed by atoms with Crippen LogP contribution >= 0.6 is 0 Å². The molecular weight excluding hydrogens is 300 g/mol. The Labute approximate surface area is 142 Å². The molecular formula is C20H22N2O2. The number of amides is 2. The standard InChI is InChI=1S/C20H22N2O2/c1-14-7-9-15(10-8-14)13-16-5-3-4-6-17(16)19(23)21-18-11-12-22(2)20(18)24/h3-10,18H,11-13H2,1-2H3,(H,21,23). The molecule has 1 heterocycles. The largest absolute Gasteiger partial charge is 0.344 e. The third kappa shape index (κ3) is 3.48. The topological polar surface area (TPSA) is 49.4 Å². The molecule has 2 amide bonds. The van der Waals surface area contributed by atoms with Crippen LogP contribution in [0.4, 0.5) is 0 Å². The minimum atomic E-state index is -0.407. The van der Waals surface area contributed by atoms with Gasteiger partial charge in [0.15, 0.2) is 0 Å². The van der Waals surface area contributed by atoms with E-state index in [0.29, 0.717) is 24.9 Å². The number of likely N-dealkylation sites (tertiary alicyclic amines) is 1. The smallest absolute Gasteiger partial charge is 0.252 e. The highest BCUT2D eigenvalue weighted by Crippen LogP contribution is 2.16. The van der Waals surface area contributed by atoms with Crippen LogP contribution in [0.1, 0.15) is 33.5 Å². The van der Waals surface area contributed by atoms with Gasteiger partial charge in [0, 0.05) is 19.2 Å². The summed E-state index contributed by atoms with van der Waals surface area (Å²) in [5.41, 5.74) is 3.99. The predicted molar refractivity (Wildman–Crippen MR) is 93.9 cm³/mol. The first-order valence-electron chi connectivity index (χ1n) is 8.24. The molecule has 1 unspecified atom stereocenters. The van der Waals surface area contributed by atoms with E-state index >= 15 is 0 Å². The fourth-order valence-electron chi connectivity index (χ4n) is 3.01. The van der Waals surface area contributed by atoms with E-state index in [0.717, 1.165) is 11.1 Å². The van der Waals surface area contributed by atoms with Gasteiger partial charge in [-0.25, -0.2) is 0 Å². The fourth-order valence-corrected chi connectivity index (χ4v) is 3.01. The maximum absolute atomic E-state index is 12.6. The minimum Gasteiger partial charge on any atom is -0.344 e.